The Bertz CT molecular complexity index is 1280. The minimum atomic E-state index is -1.27. The molecule has 7 nitrogen and oxygen atoms in total. The largest absolute Gasteiger partial charge is 0.487 e. The molecule has 1 amide bonds. The van der Waals surface area contributed by atoms with Crippen molar-refractivity contribution in [3.8, 4) is 16.9 Å². The molecule has 3 heterocycles. The lowest BCUT2D eigenvalue weighted by atomic mass is 9.75. The zero-order chi connectivity index (χ0) is 23.4. The Hall–Kier alpha value is -3.52. The first-order chi connectivity index (χ1) is 15.7. The standard InChI is InChI=1S/C24H21ClFN5O2/c1-23(12-20-28-6-3-7-29-20)13-24(21(32)31(2)22(27)30-24)18-10-14(4-5-19(18)33-23)15-8-16(25)11-17(26)9-15/h3-11H,12-13H2,1-2H3,(H2,27,30)/t23-,24-/m1/s1. The van der Waals surface area contributed by atoms with Gasteiger partial charge in [0.15, 0.2) is 11.5 Å². The molecule has 168 valence electrons. The molecule has 0 radical (unpaired) electrons. The number of likely N-dealkylation sites (N-methyl/N-ethyl adjacent to an activating group) is 1. The summed E-state index contributed by atoms with van der Waals surface area (Å²) in [5, 5.41) is 0.281. The molecule has 0 saturated carbocycles. The topological polar surface area (TPSA) is 93.7 Å². The monoisotopic (exact) mass is 465 g/mol. The van der Waals surface area contributed by atoms with E-state index in [0.29, 0.717) is 34.7 Å². The highest BCUT2D eigenvalue weighted by Gasteiger charge is 2.57. The van der Waals surface area contributed by atoms with E-state index in [1.807, 2.05) is 6.92 Å². The molecule has 2 atom stereocenters. The number of halogens is 2. The molecule has 33 heavy (non-hydrogen) atoms. The molecule has 2 aromatic carbocycles. The van der Waals surface area contributed by atoms with Crippen LogP contribution in [0.5, 0.6) is 5.75 Å². The molecule has 0 bridgehead atoms. The number of ether oxygens (including phenoxy) is 1. The Balaban J connectivity index is 1.65. The number of carbonyl (C=O) groups excluding carboxylic acids is 1. The summed E-state index contributed by atoms with van der Waals surface area (Å²) in [5.41, 5.74) is 5.83. The van der Waals surface area contributed by atoms with Gasteiger partial charge in [0.2, 0.25) is 0 Å². The molecule has 2 aliphatic heterocycles. The van der Waals surface area contributed by atoms with Gasteiger partial charge in [-0.25, -0.2) is 19.4 Å². The SMILES string of the molecule is CN1C(=O)[C@]2(C[C@@](C)(Cc3ncccn3)Oc3ccc(-c4cc(F)cc(Cl)c4)cc32)N=C1N. The first-order valence-corrected chi connectivity index (χ1v) is 10.8. The van der Waals surface area contributed by atoms with Crippen molar-refractivity contribution in [2.45, 2.75) is 30.9 Å². The highest BCUT2D eigenvalue weighted by molar-refractivity contribution is 6.30. The Morgan fingerprint density at radius 3 is 2.61 bits per heavy atom. The number of benzene rings is 2. The van der Waals surface area contributed by atoms with E-state index in [2.05, 4.69) is 15.0 Å². The van der Waals surface area contributed by atoms with Crippen LogP contribution in [0.3, 0.4) is 0 Å². The molecule has 2 N–H and O–H groups in total. The number of aliphatic imine (C=N–C) groups is 1. The van der Waals surface area contributed by atoms with Gasteiger partial charge in [-0.1, -0.05) is 17.7 Å². The van der Waals surface area contributed by atoms with E-state index < -0.39 is 17.0 Å². The molecule has 1 spiro atoms. The molecule has 0 aliphatic carbocycles. The molecule has 9 heteroatoms. The maximum absolute atomic E-state index is 14.0. The summed E-state index contributed by atoms with van der Waals surface area (Å²) in [6.45, 7) is 1.91. The van der Waals surface area contributed by atoms with Crippen molar-refractivity contribution in [2.24, 2.45) is 10.7 Å². The summed E-state index contributed by atoms with van der Waals surface area (Å²) in [7, 11) is 1.60. The fourth-order valence-corrected chi connectivity index (χ4v) is 4.85. The first-order valence-electron chi connectivity index (χ1n) is 10.4. The van der Waals surface area contributed by atoms with Gasteiger partial charge in [-0.3, -0.25) is 9.69 Å². The number of aromatic nitrogens is 2. The molecule has 0 unspecified atom stereocenters. The van der Waals surface area contributed by atoms with Crippen molar-refractivity contribution in [2.75, 3.05) is 7.05 Å². The van der Waals surface area contributed by atoms with Crippen molar-refractivity contribution in [1.29, 1.82) is 0 Å². The average molecular weight is 466 g/mol. The normalized spacial score (nSPS) is 23.9. The number of nitrogens with zero attached hydrogens (tertiary/aromatic N) is 4. The first kappa shape index (κ1) is 21.3. The second kappa shape index (κ2) is 7.52. The predicted octanol–water partition coefficient (Wildman–Crippen LogP) is 3.70. The minimum absolute atomic E-state index is 0.130. The fraction of sp³-hybridized carbons (Fsp3) is 0.250. The summed E-state index contributed by atoms with van der Waals surface area (Å²) in [5.74, 6) is 0.534. The van der Waals surface area contributed by atoms with Crippen LogP contribution in [0.25, 0.3) is 11.1 Å². The van der Waals surface area contributed by atoms with Gasteiger partial charge in [-0.2, -0.15) is 0 Å². The summed E-state index contributed by atoms with van der Waals surface area (Å²) < 4.78 is 20.4. The molecular weight excluding hydrogens is 445 g/mol. The van der Waals surface area contributed by atoms with Crippen molar-refractivity contribution < 1.29 is 13.9 Å². The molecular formula is C24H21ClFN5O2. The van der Waals surface area contributed by atoms with E-state index in [9.17, 15) is 9.18 Å². The van der Waals surface area contributed by atoms with Crippen molar-refractivity contribution >= 4 is 23.5 Å². The van der Waals surface area contributed by atoms with Gasteiger partial charge in [-0.05, 0) is 54.4 Å². The van der Waals surface area contributed by atoms with Crippen molar-refractivity contribution in [3.63, 3.8) is 0 Å². The van der Waals surface area contributed by atoms with E-state index in [1.165, 1.54) is 17.0 Å². The molecule has 0 fully saturated rings. The minimum Gasteiger partial charge on any atom is -0.487 e. The number of nitrogens with two attached hydrogens (primary N) is 1. The van der Waals surface area contributed by atoms with E-state index in [0.717, 1.165) is 0 Å². The van der Waals surface area contributed by atoms with E-state index in [4.69, 9.17) is 22.1 Å². The number of carbonyl (C=O) groups is 1. The van der Waals surface area contributed by atoms with Gasteiger partial charge in [-0.15, -0.1) is 0 Å². The number of fused-ring (bicyclic) bond motifs is 2. The third kappa shape index (κ3) is 3.60. The zero-order valence-corrected chi connectivity index (χ0v) is 18.8. The van der Waals surface area contributed by atoms with Gasteiger partial charge in [0.25, 0.3) is 5.91 Å². The van der Waals surface area contributed by atoms with Crippen LogP contribution < -0.4 is 10.5 Å². The Labute approximate surface area is 195 Å². The van der Waals surface area contributed by atoms with Gasteiger partial charge in [0.1, 0.15) is 23.0 Å². The molecule has 0 saturated heterocycles. The predicted molar refractivity (Wildman–Crippen MR) is 122 cm³/mol. The van der Waals surface area contributed by atoms with Gasteiger partial charge in [0.05, 0.1) is 0 Å². The Morgan fingerprint density at radius 2 is 1.94 bits per heavy atom. The summed E-state index contributed by atoms with van der Waals surface area (Å²) in [4.78, 5) is 28.1. The highest BCUT2D eigenvalue weighted by Crippen LogP contribution is 2.50. The number of rotatable bonds is 3. The van der Waals surface area contributed by atoms with E-state index in [-0.39, 0.29) is 23.3 Å². The van der Waals surface area contributed by atoms with E-state index in [1.54, 1.807) is 49.8 Å². The van der Waals surface area contributed by atoms with Crippen LogP contribution in [0.1, 0.15) is 24.7 Å². The smallest absolute Gasteiger partial charge is 0.261 e. The quantitative estimate of drug-likeness (QED) is 0.636. The third-order valence-electron chi connectivity index (χ3n) is 6.07. The summed E-state index contributed by atoms with van der Waals surface area (Å²) in [6, 6.07) is 11.4. The third-order valence-corrected chi connectivity index (χ3v) is 6.28. The second-order valence-corrected chi connectivity index (χ2v) is 9.07. The maximum atomic E-state index is 14.0. The van der Waals surface area contributed by atoms with E-state index >= 15 is 0 Å². The summed E-state index contributed by atoms with van der Waals surface area (Å²) in [6.07, 6.45) is 3.95. The van der Waals surface area contributed by atoms with Crippen LogP contribution in [0.2, 0.25) is 5.02 Å². The van der Waals surface area contributed by atoms with Crippen molar-refractivity contribution in [3.05, 3.63) is 77.1 Å². The van der Waals surface area contributed by atoms with Gasteiger partial charge >= 0.3 is 0 Å². The lowest BCUT2D eigenvalue weighted by molar-refractivity contribution is -0.134. The summed E-state index contributed by atoms with van der Waals surface area (Å²) >= 11 is 6.06. The molecule has 2 aliphatic rings. The number of hydrogen-bond acceptors (Lipinski definition) is 6. The van der Waals surface area contributed by atoms with Crippen LogP contribution in [0, 0.1) is 5.82 Å². The van der Waals surface area contributed by atoms with Crippen LogP contribution in [-0.2, 0) is 16.8 Å². The molecule has 5 rings (SSSR count). The van der Waals surface area contributed by atoms with Crippen LogP contribution in [-0.4, -0.2) is 39.4 Å². The fourth-order valence-electron chi connectivity index (χ4n) is 4.62. The van der Waals surface area contributed by atoms with Crippen molar-refractivity contribution in [1.82, 2.24) is 14.9 Å². The maximum Gasteiger partial charge on any atom is 0.261 e. The molecule has 3 aromatic rings. The Morgan fingerprint density at radius 1 is 1.18 bits per heavy atom. The van der Waals surface area contributed by atoms with Crippen LogP contribution in [0.4, 0.5) is 4.39 Å². The molecule has 1 aromatic heterocycles. The lowest BCUT2D eigenvalue weighted by Crippen LogP contribution is -2.51. The highest BCUT2D eigenvalue weighted by atomic mass is 35.5. The van der Waals surface area contributed by atoms with Gasteiger partial charge < -0.3 is 10.5 Å². The lowest BCUT2D eigenvalue weighted by Gasteiger charge is -2.43. The zero-order valence-electron chi connectivity index (χ0n) is 18.0. The second-order valence-electron chi connectivity index (χ2n) is 8.63. The van der Waals surface area contributed by atoms with Gasteiger partial charge in [0, 0.05) is 42.9 Å². The average Bonchev–Trinajstić information content (AvgIpc) is 2.97. The number of amides is 1. The number of guanidine groups is 1. The van der Waals surface area contributed by atoms with Crippen LogP contribution in [0.15, 0.2) is 59.9 Å². The number of hydrogen-bond donors (Lipinski definition) is 1. The van der Waals surface area contributed by atoms with Crippen LogP contribution >= 0.6 is 11.6 Å². The Kier molecular flexibility index (Phi) is 4.86.